The van der Waals surface area contributed by atoms with Gasteiger partial charge in [-0.25, -0.2) is 0 Å². The van der Waals surface area contributed by atoms with Gasteiger partial charge >= 0.3 is 24.7 Å². The van der Waals surface area contributed by atoms with Crippen LogP contribution in [0.15, 0.2) is 70.9 Å². The lowest BCUT2D eigenvalue weighted by molar-refractivity contribution is -0.365. The number of benzene rings is 2. The highest BCUT2D eigenvalue weighted by molar-refractivity contribution is 6.04. The van der Waals surface area contributed by atoms with E-state index >= 15 is 0 Å². The van der Waals surface area contributed by atoms with Gasteiger partial charge in [0.05, 0.1) is 11.4 Å². The molecular formula is C22H16F12N2O2. The van der Waals surface area contributed by atoms with E-state index < -0.39 is 71.3 Å². The molecule has 2 N–H and O–H groups in total. The second-order valence-corrected chi connectivity index (χ2v) is 7.89. The molecule has 0 unspecified atom stereocenters. The summed E-state index contributed by atoms with van der Waals surface area (Å²) in [6, 6.07) is 10.8. The lowest BCUT2D eigenvalue weighted by atomic mass is 9.91. The van der Waals surface area contributed by atoms with E-state index in [1.165, 1.54) is 12.1 Å². The quantitative estimate of drug-likeness (QED) is 0.232. The fourth-order valence-corrected chi connectivity index (χ4v) is 2.98. The lowest BCUT2D eigenvalue weighted by Crippen LogP contribution is -2.58. The van der Waals surface area contributed by atoms with Crippen LogP contribution in [0.2, 0.25) is 0 Å². The normalized spacial score (nSPS) is 15.1. The molecule has 16 heteroatoms. The van der Waals surface area contributed by atoms with Gasteiger partial charge in [-0.1, -0.05) is 60.7 Å². The minimum atomic E-state index is -6.32. The fraction of sp³-hybridized carbons (Fsp3) is 0.364. The molecule has 2 rings (SSSR count). The second kappa shape index (κ2) is 10.6. The maximum absolute atomic E-state index is 13.3. The summed E-state index contributed by atoms with van der Waals surface area (Å²) in [5.41, 5.74) is -14.4. The van der Waals surface area contributed by atoms with Crippen molar-refractivity contribution in [2.24, 2.45) is 10.2 Å². The highest BCUT2D eigenvalue weighted by Gasteiger charge is 2.71. The Labute approximate surface area is 205 Å². The molecule has 210 valence electrons. The van der Waals surface area contributed by atoms with Crippen LogP contribution in [0.5, 0.6) is 0 Å². The molecule has 0 heterocycles. The van der Waals surface area contributed by atoms with Gasteiger partial charge in [0.2, 0.25) is 0 Å². The van der Waals surface area contributed by atoms with Crippen LogP contribution in [0.3, 0.4) is 0 Å². The van der Waals surface area contributed by atoms with Crippen molar-refractivity contribution < 1.29 is 62.9 Å². The zero-order valence-electron chi connectivity index (χ0n) is 18.5. The maximum atomic E-state index is 13.3. The summed E-state index contributed by atoms with van der Waals surface area (Å²) in [4.78, 5) is 0. The van der Waals surface area contributed by atoms with Gasteiger partial charge in [0.25, 0.3) is 11.2 Å². The van der Waals surface area contributed by atoms with Crippen LogP contribution in [0.4, 0.5) is 52.7 Å². The molecule has 4 nitrogen and oxygen atoms in total. The molecular weight excluding hydrogens is 552 g/mol. The molecule has 0 amide bonds. The van der Waals surface area contributed by atoms with Gasteiger partial charge < -0.3 is 10.2 Å². The molecule has 38 heavy (non-hydrogen) atoms. The summed E-state index contributed by atoms with van der Waals surface area (Å²) in [5.74, 6) is 0. The number of nitrogens with zero attached hydrogens (tertiary/aromatic N) is 2. The van der Waals surface area contributed by atoms with Gasteiger partial charge in [0.1, 0.15) is 0 Å². The predicted octanol–water partition coefficient (Wildman–Crippen LogP) is 6.37. The zero-order chi connectivity index (χ0) is 29.2. The Balaban J connectivity index is 2.79. The minimum Gasteiger partial charge on any atom is -0.373 e. The Kier molecular flexibility index (Phi) is 8.63. The molecule has 0 radical (unpaired) electrons. The molecule has 0 aromatic heterocycles. The van der Waals surface area contributed by atoms with E-state index in [0.717, 1.165) is 48.5 Å². The molecule has 0 aliphatic carbocycles. The van der Waals surface area contributed by atoms with Gasteiger partial charge in [0.15, 0.2) is 0 Å². The van der Waals surface area contributed by atoms with E-state index in [9.17, 15) is 62.9 Å². The monoisotopic (exact) mass is 568 g/mol. The molecule has 0 aliphatic heterocycles. The summed E-state index contributed by atoms with van der Waals surface area (Å²) in [7, 11) is 0. The third kappa shape index (κ3) is 6.46. The van der Waals surface area contributed by atoms with E-state index in [2.05, 4.69) is 10.2 Å². The number of rotatable bonds is 7. The zero-order valence-corrected chi connectivity index (χ0v) is 18.5. The van der Waals surface area contributed by atoms with E-state index in [4.69, 9.17) is 0 Å². The number of aliphatic hydroxyl groups is 2. The van der Waals surface area contributed by atoms with Gasteiger partial charge in [-0.2, -0.15) is 62.9 Å². The van der Waals surface area contributed by atoms with Crippen molar-refractivity contribution >= 4 is 11.4 Å². The van der Waals surface area contributed by atoms with E-state index in [-0.39, 0.29) is 0 Å². The largest absolute Gasteiger partial charge is 0.426 e. The number of halogens is 12. The topological polar surface area (TPSA) is 65.2 Å². The molecule has 0 atom stereocenters. The SMILES string of the molecule is OC(C/C(=N\N=C(/CC(O)(C(F)(F)F)C(F)(F)F)c1ccccc1)c1ccccc1)(C(F)(F)F)C(F)(F)F. The van der Waals surface area contributed by atoms with Crippen LogP contribution >= 0.6 is 0 Å². The molecule has 2 aromatic rings. The smallest absolute Gasteiger partial charge is 0.373 e. The third-order valence-corrected chi connectivity index (χ3v) is 5.23. The first-order chi connectivity index (χ1) is 17.1. The summed E-state index contributed by atoms with van der Waals surface area (Å²) in [5, 5.41) is 25.4. The fourth-order valence-electron chi connectivity index (χ4n) is 2.98. The minimum absolute atomic E-state index is 0.516. The van der Waals surface area contributed by atoms with Crippen molar-refractivity contribution in [1.82, 2.24) is 0 Å². The van der Waals surface area contributed by atoms with Crippen LogP contribution in [0.1, 0.15) is 24.0 Å². The lowest BCUT2D eigenvalue weighted by Gasteiger charge is -2.33. The van der Waals surface area contributed by atoms with Gasteiger partial charge in [0, 0.05) is 12.8 Å². The van der Waals surface area contributed by atoms with E-state index in [1.807, 2.05) is 0 Å². The summed E-state index contributed by atoms with van der Waals surface area (Å²) in [6.45, 7) is 0. The van der Waals surface area contributed by atoms with Crippen LogP contribution in [-0.4, -0.2) is 57.5 Å². The van der Waals surface area contributed by atoms with Gasteiger partial charge in [-0.15, -0.1) is 0 Å². The first-order valence-corrected chi connectivity index (χ1v) is 10.1. The summed E-state index contributed by atoms with van der Waals surface area (Å²) >= 11 is 0. The van der Waals surface area contributed by atoms with Crippen LogP contribution in [0, 0.1) is 0 Å². The molecule has 0 aliphatic rings. The second-order valence-electron chi connectivity index (χ2n) is 7.89. The van der Waals surface area contributed by atoms with Crippen molar-refractivity contribution in [3.63, 3.8) is 0 Å². The van der Waals surface area contributed by atoms with Crippen molar-refractivity contribution in [1.29, 1.82) is 0 Å². The highest BCUT2D eigenvalue weighted by Crippen LogP contribution is 2.47. The van der Waals surface area contributed by atoms with Crippen LogP contribution in [-0.2, 0) is 0 Å². The summed E-state index contributed by atoms with van der Waals surface area (Å²) in [6.07, 6.45) is -30.0. The Morgan fingerprint density at radius 2 is 0.711 bits per heavy atom. The standard InChI is InChI=1S/C22H16F12N2O2/c23-19(24,25)17(37,20(26,27)28)11-15(13-7-3-1-4-8-13)35-36-16(14-9-5-2-6-10-14)12-18(38,21(29,30)31)22(32,33)34/h1-10,37-38H,11-12H2/b35-15+,36-16+. The average Bonchev–Trinajstić information content (AvgIpc) is 2.78. The van der Waals surface area contributed by atoms with Crippen LogP contribution < -0.4 is 0 Å². The average molecular weight is 568 g/mol. The Morgan fingerprint density at radius 1 is 0.474 bits per heavy atom. The predicted molar refractivity (Wildman–Crippen MR) is 109 cm³/mol. The highest BCUT2D eigenvalue weighted by atomic mass is 19.4. The molecule has 0 bridgehead atoms. The molecule has 2 aromatic carbocycles. The Hall–Kier alpha value is -3.14. The first kappa shape index (κ1) is 31.1. The van der Waals surface area contributed by atoms with Crippen molar-refractivity contribution in [2.45, 2.75) is 48.7 Å². The number of hydrogen-bond acceptors (Lipinski definition) is 4. The molecule has 0 saturated heterocycles. The first-order valence-electron chi connectivity index (χ1n) is 10.1. The van der Waals surface area contributed by atoms with E-state index in [1.54, 1.807) is 0 Å². The number of hydrogen-bond donors (Lipinski definition) is 2. The van der Waals surface area contributed by atoms with Gasteiger partial charge in [-0.05, 0) is 11.1 Å². The maximum Gasteiger partial charge on any atom is 0.426 e. The Bertz CT molecular complexity index is 1020. The van der Waals surface area contributed by atoms with E-state index in [0.29, 0.717) is 0 Å². The molecule has 0 fully saturated rings. The molecule has 0 spiro atoms. The molecule has 0 saturated carbocycles. The van der Waals surface area contributed by atoms with Crippen LogP contribution in [0.25, 0.3) is 0 Å². The number of alkyl halides is 12. The Morgan fingerprint density at radius 3 is 0.921 bits per heavy atom. The van der Waals surface area contributed by atoms with Gasteiger partial charge in [-0.3, -0.25) is 0 Å². The van der Waals surface area contributed by atoms with Crippen molar-refractivity contribution in [3.8, 4) is 0 Å². The van der Waals surface area contributed by atoms with Crippen molar-refractivity contribution in [3.05, 3.63) is 71.8 Å². The summed E-state index contributed by atoms with van der Waals surface area (Å²) < 4.78 is 159. The third-order valence-electron chi connectivity index (χ3n) is 5.23. The van der Waals surface area contributed by atoms with Crippen molar-refractivity contribution in [2.75, 3.05) is 0 Å².